The van der Waals surface area contributed by atoms with Crippen molar-refractivity contribution < 1.29 is 9.84 Å². The Balaban J connectivity index is 2.35. The highest BCUT2D eigenvalue weighted by Gasteiger charge is 2.41. The molecule has 4 unspecified atom stereocenters. The molecule has 1 aliphatic rings. The number of nitrogens with zero attached hydrogens (tertiary/aromatic N) is 1. The average Bonchev–Trinajstić information content (AvgIpc) is 2.57. The van der Waals surface area contributed by atoms with E-state index in [0.29, 0.717) is 0 Å². The predicted octanol–water partition coefficient (Wildman–Crippen LogP) is -0.159. The first kappa shape index (κ1) is 12.1. The van der Waals surface area contributed by atoms with Gasteiger partial charge in [-0.1, -0.05) is 13.8 Å². The van der Waals surface area contributed by atoms with E-state index in [4.69, 9.17) is 4.74 Å². The number of aromatic amines is 1. The monoisotopic (exact) mass is 240 g/mol. The van der Waals surface area contributed by atoms with E-state index < -0.39 is 23.6 Å². The number of H-pyrrole nitrogens is 1. The van der Waals surface area contributed by atoms with Gasteiger partial charge in [0.15, 0.2) is 6.23 Å². The Morgan fingerprint density at radius 1 is 1.53 bits per heavy atom. The second-order valence-corrected chi connectivity index (χ2v) is 4.34. The van der Waals surface area contributed by atoms with Crippen molar-refractivity contribution in [3.63, 3.8) is 0 Å². The fourth-order valence-electron chi connectivity index (χ4n) is 2.19. The van der Waals surface area contributed by atoms with Gasteiger partial charge < -0.3 is 9.84 Å². The van der Waals surface area contributed by atoms with Gasteiger partial charge in [0.05, 0.1) is 6.10 Å². The van der Waals surface area contributed by atoms with E-state index >= 15 is 0 Å². The number of hydrogen-bond donors (Lipinski definition) is 2. The number of aliphatic hydroxyl groups excluding tert-OH is 1. The number of nitrogens with one attached hydrogen (secondary N) is 1. The topological polar surface area (TPSA) is 84.3 Å². The van der Waals surface area contributed by atoms with Crippen LogP contribution in [-0.2, 0) is 4.74 Å². The predicted molar refractivity (Wildman–Crippen MR) is 60.7 cm³/mol. The van der Waals surface area contributed by atoms with Crippen LogP contribution < -0.4 is 11.2 Å². The average molecular weight is 240 g/mol. The molecule has 0 saturated carbocycles. The molecule has 1 saturated heterocycles. The lowest BCUT2D eigenvalue weighted by Crippen LogP contribution is -2.35. The quantitative estimate of drug-likeness (QED) is 0.752. The van der Waals surface area contributed by atoms with Crippen LogP contribution in [0.1, 0.15) is 26.5 Å². The zero-order chi connectivity index (χ0) is 12.6. The van der Waals surface area contributed by atoms with Gasteiger partial charge in [0.25, 0.3) is 5.56 Å². The van der Waals surface area contributed by atoms with Crippen molar-refractivity contribution >= 4 is 0 Å². The van der Waals surface area contributed by atoms with Gasteiger partial charge in [-0.3, -0.25) is 14.3 Å². The summed E-state index contributed by atoms with van der Waals surface area (Å²) in [6.07, 6.45) is 0.573. The molecule has 0 aromatic carbocycles. The van der Waals surface area contributed by atoms with Crippen molar-refractivity contribution in [3.05, 3.63) is 33.1 Å². The molecule has 0 radical (unpaired) electrons. The van der Waals surface area contributed by atoms with Crippen LogP contribution in [-0.4, -0.2) is 26.9 Å². The fourth-order valence-corrected chi connectivity index (χ4v) is 2.19. The summed E-state index contributed by atoms with van der Waals surface area (Å²) in [4.78, 5) is 24.7. The molecule has 0 bridgehead atoms. The number of hydrogen-bond acceptors (Lipinski definition) is 4. The summed E-state index contributed by atoms with van der Waals surface area (Å²) in [6.45, 7) is 3.85. The van der Waals surface area contributed by atoms with Gasteiger partial charge in [-0.05, 0) is 6.42 Å². The van der Waals surface area contributed by atoms with Crippen molar-refractivity contribution in [2.45, 2.75) is 38.7 Å². The molecule has 4 atom stereocenters. The molecule has 1 aliphatic heterocycles. The minimum atomic E-state index is -0.747. The van der Waals surface area contributed by atoms with Crippen LogP contribution in [0.5, 0.6) is 0 Å². The number of ether oxygens (including phenoxy) is 1. The molecule has 94 valence electrons. The number of rotatable bonds is 2. The zero-order valence-electron chi connectivity index (χ0n) is 9.79. The fraction of sp³-hybridized carbons (Fsp3) is 0.636. The van der Waals surface area contributed by atoms with E-state index in [9.17, 15) is 14.7 Å². The maximum Gasteiger partial charge on any atom is 0.330 e. The van der Waals surface area contributed by atoms with Crippen molar-refractivity contribution in [3.8, 4) is 0 Å². The van der Waals surface area contributed by atoms with E-state index in [1.54, 1.807) is 0 Å². The maximum absolute atomic E-state index is 11.6. The van der Waals surface area contributed by atoms with E-state index in [1.807, 2.05) is 13.8 Å². The molecule has 0 aliphatic carbocycles. The molecular weight excluding hydrogens is 224 g/mol. The lowest BCUT2D eigenvalue weighted by atomic mass is 9.99. The Kier molecular flexibility index (Phi) is 3.17. The van der Waals surface area contributed by atoms with Crippen LogP contribution in [0.4, 0.5) is 0 Å². The molecule has 1 aromatic rings. The summed E-state index contributed by atoms with van der Waals surface area (Å²) in [5, 5.41) is 10.0. The summed E-state index contributed by atoms with van der Waals surface area (Å²) in [7, 11) is 0. The highest BCUT2D eigenvalue weighted by Crippen LogP contribution is 2.33. The lowest BCUT2D eigenvalue weighted by Gasteiger charge is -2.17. The Morgan fingerprint density at radius 3 is 2.76 bits per heavy atom. The summed E-state index contributed by atoms with van der Waals surface area (Å²) in [5.41, 5.74) is -1.02. The summed E-state index contributed by atoms with van der Waals surface area (Å²) in [5.74, 6) is -0.0381. The van der Waals surface area contributed by atoms with Crippen LogP contribution in [0.2, 0.25) is 0 Å². The van der Waals surface area contributed by atoms with Crippen LogP contribution in [0.15, 0.2) is 21.9 Å². The molecule has 1 fully saturated rings. The van der Waals surface area contributed by atoms with Gasteiger partial charge >= 0.3 is 5.69 Å². The number of aliphatic hydroxyl groups is 1. The Morgan fingerprint density at radius 2 is 2.24 bits per heavy atom. The Bertz CT molecular complexity index is 507. The molecule has 17 heavy (non-hydrogen) atoms. The van der Waals surface area contributed by atoms with Crippen molar-refractivity contribution in [2.75, 3.05) is 0 Å². The minimum absolute atomic E-state index is 0.0381. The van der Waals surface area contributed by atoms with Crippen LogP contribution >= 0.6 is 0 Å². The first-order chi connectivity index (χ1) is 8.04. The third-order valence-electron chi connectivity index (χ3n) is 3.26. The summed E-state index contributed by atoms with van der Waals surface area (Å²) in [6, 6.07) is 1.24. The molecule has 0 amide bonds. The molecular formula is C11H16N2O4. The zero-order valence-corrected chi connectivity index (χ0v) is 9.79. The highest BCUT2D eigenvalue weighted by molar-refractivity contribution is 4.91. The third kappa shape index (κ3) is 2.05. The third-order valence-corrected chi connectivity index (χ3v) is 3.26. The van der Waals surface area contributed by atoms with E-state index in [-0.39, 0.29) is 12.0 Å². The van der Waals surface area contributed by atoms with Gasteiger partial charge in [0.1, 0.15) is 6.10 Å². The van der Waals surface area contributed by atoms with Crippen LogP contribution in [0, 0.1) is 5.92 Å². The van der Waals surface area contributed by atoms with Gasteiger partial charge in [0, 0.05) is 18.2 Å². The largest absolute Gasteiger partial charge is 0.388 e. The normalized spacial score (nSPS) is 32.9. The molecule has 2 heterocycles. The first-order valence-electron chi connectivity index (χ1n) is 5.69. The van der Waals surface area contributed by atoms with Gasteiger partial charge in [-0.25, -0.2) is 4.79 Å². The molecule has 6 nitrogen and oxygen atoms in total. The highest BCUT2D eigenvalue weighted by atomic mass is 16.5. The minimum Gasteiger partial charge on any atom is -0.388 e. The Hall–Kier alpha value is -1.40. The van der Waals surface area contributed by atoms with Crippen LogP contribution in [0.25, 0.3) is 0 Å². The van der Waals surface area contributed by atoms with Crippen molar-refractivity contribution in [2.24, 2.45) is 5.92 Å². The van der Waals surface area contributed by atoms with E-state index in [2.05, 4.69) is 4.98 Å². The second-order valence-electron chi connectivity index (χ2n) is 4.34. The molecule has 2 rings (SSSR count). The van der Waals surface area contributed by atoms with Gasteiger partial charge in [0.2, 0.25) is 0 Å². The van der Waals surface area contributed by atoms with Gasteiger partial charge in [-0.15, -0.1) is 0 Å². The second kappa shape index (κ2) is 4.46. The van der Waals surface area contributed by atoms with Gasteiger partial charge in [-0.2, -0.15) is 0 Å². The van der Waals surface area contributed by atoms with Crippen molar-refractivity contribution in [1.82, 2.24) is 9.55 Å². The first-order valence-corrected chi connectivity index (χ1v) is 5.69. The van der Waals surface area contributed by atoms with E-state index in [0.717, 1.165) is 6.42 Å². The molecule has 0 spiro atoms. The molecule has 1 aromatic heterocycles. The summed E-state index contributed by atoms with van der Waals surface area (Å²) >= 11 is 0. The standard InChI is InChI=1S/C11H16N2O4/c1-3-7-6(2)9(15)10(17-7)13-5-4-8(14)12-11(13)16/h4-7,9-10,15H,3H2,1-2H3,(H,12,14,16). The number of aromatic nitrogens is 2. The maximum atomic E-state index is 11.6. The van der Waals surface area contributed by atoms with E-state index in [1.165, 1.54) is 16.8 Å². The Labute approximate surface area is 97.9 Å². The van der Waals surface area contributed by atoms with Crippen LogP contribution in [0.3, 0.4) is 0 Å². The lowest BCUT2D eigenvalue weighted by molar-refractivity contribution is -0.0404. The molecule has 2 N–H and O–H groups in total. The van der Waals surface area contributed by atoms with Crippen molar-refractivity contribution in [1.29, 1.82) is 0 Å². The summed E-state index contributed by atoms with van der Waals surface area (Å²) < 4.78 is 6.85. The smallest absolute Gasteiger partial charge is 0.330 e. The SMILES string of the molecule is CCC1OC(n2ccc(=O)[nH]c2=O)C(O)C1C. The molecule has 6 heteroatoms.